The summed E-state index contributed by atoms with van der Waals surface area (Å²) in [6.45, 7) is 13.1. The van der Waals surface area contributed by atoms with E-state index in [4.69, 9.17) is 0 Å². The van der Waals surface area contributed by atoms with E-state index in [1.807, 2.05) is 6.92 Å². The van der Waals surface area contributed by atoms with Crippen LogP contribution in [0, 0.1) is 5.92 Å². The van der Waals surface area contributed by atoms with Crippen molar-refractivity contribution in [2.75, 3.05) is 39.3 Å². The Balaban J connectivity index is 2.54. The van der Waals surface area contributed by atoms with E-state index in [1.54, 1.807) is 0 Å². The van der Waals surface area contributed by atoms with Crippen LogP contribution >= 0.6 is 0 Å². The molecule has 0 aliphatic carbocycles. The summed E-state index contributed by atoms with van der Waals surface area (Å²) in [5.74, 6) is 0.735. The Bertz CT molecular complexity index is 607. The lowest BCUT2D eigenvalue weighted by atomic mass is 9.98. The molecule has 0 aromatic heterocycles. The minimum Gasteiger partial charge on any atom is -0.357 e. The van der Waals surface area contributed by atoms with E-state index < -0.39 is 15.5 Å². The normalized spacial score (nSPS) is 18.1. The van der Waals surface area contributed by atoms with Crippen molar-refractivity contribution >= 4 is 16.0 Å². The Labute approximate surface area is 173 Å². The molecule has 0 bridgehead atoms. The van der Waals surface area contributed by atoms with Crippen LogP contribution in [0.2, 0.25) is 0 Å². The molecule has 172 valence electrons. The van der Waals surface area contributed by atoms with E-state index in [2.05, 4.69) is 48.2 Å². The maximum absolute atomic E-state index is 12.7. The van der Waals surface area contributed by atoms with Gasteiger partial charge in [-0.2, -0.15) is 17.5 Å². The molecule has 0 saturated carbocycles. The molecule has 1 rings (SSSR count). The van der Waals surface area contributed by atoms with Crippen LogP contribution in [0.3, 0.4) is 0 Å². The molecule has 1 fully saturated rings. The number of alkyl halides is 3. The first-order chi connectivity index (χ1) is 13.4. The van der Waals surface area contributed by atoms with Crippen molar-refractivity contribution < 1.29 is 21.6 Å². The molecule has 7 nitrogen and oxygen atoms in total. The third-order valence-electron chi connectivity index (χ3n) is 5.05. The molecule has 1 aliphatic rings. The predicted molar refractivity (Wildman–Crippen MR) is 110 cm³/mol. The van der Waals surface area contributed by atoms with Crippen LogP contribution in [-0.2, 0) is 10.0 Å². The number of piperidine rings is 1. The Hall–Kier alpha value is -1.07. The summed E-state index contributed by atoms with van der Waals surface area (Å²) >= 11 is 0. The molecule has 0 aromatic carbocycles. The van der Waals surface area contributed by atoms with Crippen molar-refractivity contribution in [2.24, 2.45) is 10.9 Å². The maximum atomic E-state index is 12.7. The van der Waals surface area contributed by atoms with Crippen LogP contribution in [-0.4, -0.2) is 80.4 Å². The molecule has 0 spiro atoms. The van der Waals surface area contributed by atoms with Crippen molar-refractivity contribution in [2.45, 2.75) is 65.1 Å². The van der Waals surface area contributed by atoms with Gasteiger partial charge in [0.05, 0.1) is 0 Å². The van der Waals surface area contributed by atoms with E-state index in [0.717, 1.165) is 13.1 Å². The Morgan fingerprint density at radius 2 is 1.69 bits per heavy atom. The largest absolute Gasteiger partial charge is 0.511 e. The van der Waals surface area contributed by atoms with Gasteiger partial charge in [-0.05, 0) is 53.4 Å². The van der Waals surface area contributed by atoms with Crippen molar-refractivity contribution in [3.05, 3.63) is 0 Å². The number of nitrogens with zero attached hydrogens (tertiary/aromatic N) is 3. The zero-order chi connectivity index (χ0) is 22.2. The third kappa shape index (κ3) is 7.93. The highest BCUT2D eigenvalue weighted by atomic mass is 32.2. The lowest BCUT2D eigenvalue weighted by Crippen LogP contribution is -2.46. The Kier molecular flexibility index (Phi) is 10.2. The van der Waals surface area contributed by atoms with Crippen LogP contribution in [0.15, 0.2) is 4.99 Å². The second kappa shape index (κ2) is 11.4. The van der Waals surface area contributed by atoms with Gasteiger partial charge in [0, 0.05) is 51.4 Å². The zero-order valence-corrected chi connectivity index (χ0v) is 18.9. The lowest BCUT2D eigenvalue weighted by Gasteiger charge is -2.31. The number of nitrogens with one attached hydrogen (secondary N) is 2. The molecule has 0 amide bonds. The third-order valence-corrected chi connectivity index (χ3v) is 6.68. The molecule has 11 heteroatoms. The summed E-state index contributed by atoms with van der Waals surface area (Å²) in [5.41, 5.74) is -5.24. The molecule has 1 saturated heterocycles. The average molecular weight is 444 g/mol. The van der Waals surface area contributed by atoms with Gasteiger partial charge < -0.3 is 10.6 Å². The van der Waals surface area contributed by atoms with Gasteiger partial charge in [-0.3, -0.25) is 9.89 Å². The van der Waals surface area contributed by atoms with E-state index in [9.17, 15) is 21.6 Å². The van der Waals surface area contributed by atoms with Gasteiger partial charge in [-0.25, -0.2) is 8.42 Å². The first-order valence-electron chi connectivity index (χ1n) is 10.2. The monoisotopic (exact) mass is 443 g/mol. The first kappa shape index (κ1) is 26.0. The van der Waals surface area contributed by atoms with Gasteiger partial charge >= 0.3 is 15.5 Å². The van der Waals surface area contributed by atoms with E-state index in [-0.39, 0.29) is 19.0 Å². The highest BCUT2D eigenvalue weighted by Gasteiger charge is 2.50. The summed E-state index contributed by atoms with van der Waals surface area (Å²) in [6, 6.07) is 0.879. The molecule has 1 heterocycles. The number of halogens is 3. The van der Waals surface area contributed by atoms with E-state index in [1.165, 1.54) is 0 Å². The van der Waals surface area contributed by atoms with Crippen LogP contribution in [0.4, 0.5) is 13.2 Å². The van der Waals surface area contributed by atoms with E-state index >= 15 is 0 Å². The van der Waals surface area contributed by atoms with Crippen LogP contribution in [0.5, 0.6) is 0 Å². The summed E-state index contributed by atoms with van der Waals surface area (Å²) in [5, 5.41) is 6.47. The van der Waals surface area contributed by atoms with Crippen molar-refractivity contribution in [3.8, 4) is 0 Å². The summed E-state index contributed by atoms with van der Waals surface area (Å²) in [7, 11) is -5.23. The quantitative estimate of drug-likeness (QED) is 0.422. The molecule has 0 unspecified atom stereocenters. The van der Waals surface area contributed by atoms with Crippen molar-refractivity contribution in [1.29, 1.82) is 0 Å². The van der Waals surface area contributed by atoms with Gasteiger partial charge in [-0.15, -0.1) is 0 Å². The fourth-order valence-electron chi connectivity index (χ4n) is 3.46. The number of aliphatic imine (C=N–C) groups is 1. The fraction of sp³-hybridized carbons (Fsp3) is 0.944. The van der Waals surface area contributed by atoms with Gasteiger partial charge in [0.2, 0.25) is 0 Å². The van der Waals surface area contributed by atoms with Gasteiger partial charge in [-0.1, -0.05) is 0 Å². The molecular formula is C18H36F3N5O2S. The second-order valence-corrected chi connectivity index (χ2v) is 9.79. The van der Waals surface area contributed by atoms with Crippen molar-refractivity contribution in [1.82, 2.24) is 19.8 Å². The Morgan fingerprint density at radius 1 is 1.14 bits per heavy atom. The van der Waals surface area contributed by atoms with Crippen LogP contribution < -0.4 is 10.6 Å². The van der Waals surface area contributed by atoms with Gasteiger partial charge in [0.1, 0.15) is 0 Å². The second-order valence-electron chi connectivity index (χ2n) is 7.86. The van der Waals surface area contributed by atoms with Crippen LogP contribution in [0.1, 0.15) is 47.5 Å². The summed E-state index contributed by atoms with van der Waals surface area (Å²) in [4.78, 5) is 6.91. The minimum atomic E-state index is -5.24. The molecule has 29 heavy (non-hydrogen) atoms. The molecule has 1 aliphatic heterocycles. The van der Waals surface area contributed by atoms with Gasteiger partial charge in [0.15, 0.2) is 5.96 Å². The number of guanidine groups is 1. The fourth-order valence-corrected chi connectivity index (χ4v) is 4.44. The van der Waals surface area contributed by atoms with Crippen LogP contribution in [0.25, 0.3) is 0 Å². The standard InChI is InChI=1S/C18H36F3N5O2S/c1-6-22-17(23-9-12-26(14(2)3)15(4)5)24-13-16-7-10-25(11-8-16)29(27,28)18(19,20)21/h14-16H,6-13H2,1-5H3,(H2,22,23,24). The van der Waals surface area contributed by atoms with Crippen molar-refractivity contribution in [3.63, 3.8) is 0 Å². The number of sulfonamides is 1. The van der Waals surface area contributed by atoms with Gasteiger partial charge in [0.25, 0.3) is 0 Å². The molecule has 0 radical (unpaired) electrons. The molecule has 2 N–H and O–H groups in total. The number of rotatable bonds is 9. The summed E-state index contributed by atoms with van der Waals surface area (Å²) < 4.78 is 61.5. The lowest BCUT2D eigenvalue weighted by molar-refractivity contribution is -0.0496. The highest BCUT2D eigenvalue weighted by molar-refractivity contribution is 7.90. The minimum absolute atomic E-state index is 0.0629. The average Bonchev–Trinajstić information content (AvgIpc) is 2.61. The smallest absolute Gasteiger partial charge is 0.357 e. The predicted octanol–water partition coefficient (Wildman–Crippen LogP) is 2.22. The number of hydrogen-bond acceptors (Lipinski definition) is 4. The van der Waals surface area contributed by atoms with E-state index in [0.29, 0.717) is 48.3 Å². The topological polar surface area (TPSA) is 77.0 Å². The zero-order valence-electron chi connectivity index (χ0n) is 18.1. The first-order valence-corrected chi connectivity index (χ1v) is 11.7. The number of hydrogen-bond donors (Lipinski definition) is 2. The highest BCUT2D eigenvalue weighted by Crippen LogP contribution is 2.30. The Morgan fingerprint density at radius 3 is 2.14 bits per heavy atom. The molecular weight excluding hydrogens is 407 g/mol. The maximum Gasteiger partial charge on any atom is 0.511 e. The molecule has 0 aromatic rings. The molecule has 0 atom stereocenters. The SMILES string of the molecule is CCNC(=NCC1CCN(S(=O)(=O)C(F)(F)F)CC1)NCCN(C(C)C)C(C)C. The summed E-state index contributed by atoms with van der Waals surface area (Å²) in [6.07, 6.45) is 0.735.